The molecule has 0 heterocycles. The molecule has 0 saturated carbocycles. The second-order valence-electron chi connectivity index (χ2n) is 5.17. The van der Waals surface area contributed by atoms with Crippen LogP contribution in [0.1, 0.15) is 28.4 Å². The summed E-state index contributed by atoms with van der Waals surface area (Å²) in [5.74, 6) is -1.57. The molecular formula is C18H19FN2O2. The van der Waals surface area contributed by atoms with Gasteiger partial charge in [-0.15, -0.1) is 0 Å². The number of nitrogens with one attached hydrogen (secondary N) is 2. The predicted octanol–water partition coefficient (Wildman–Crippen LogP) is 3.07. The number of hydrogen-bond acceptors (Lipinski definition) is 2. The molecule has 0 radical (unpaired) electrons. The largest absolute Gasteiger partial charge is 0.343 e. The van der Waals surface area contributed by atoms with E-state index in [4.69, 9.17) is 0 Å². The SMILES string of the molecule is CCc1cccc(C)c1NC(=O)CNC(=O)c1ccccc1F. The summed E-state index contributed by atoms with van der Waals surface area (Å²) in [4.78, 5) is 23.9. The van der Waals surface area contributed by atoms with Crippen LogP contribution in [0.3, 0.4) is 0 Å². The molecule has 0 fully saturated rings. The molecule has 0 spiro atoms. The molecule has 2 aromatic carbocycles. The highest BCUT2D eigenvalue weighted by atomic mass is 19.1. The third-order valence-electron chi connectivity index (χ3n) is 3.53. The van der Waals surface area contributed by atoms with E-state index < -0.39 is 11.7 Å². The van der Waals surface area contributed by atoms with E-state index in [9.17, 15) is 14.0 Å². The summed E-state index contributed by atoms with van der Waals surface area (Å²) in [5, 5.41) is 5.23. The maximum atomic E-state index is 13.5. The van der Waals surface area contributed by atoms with Gasteiger partial charge in [-0.3, -0.25) is 9.59 Å². The predicted molar refractivity (Wildman–Crippen MR) is 87.9 cm³/mol. The Morgan fingerprint density at radius 2 is 1.83 bits per heavy atom. The van der Waals surface area contributed by atoms with Crippen LogP contribution in [0.2, 0.25) is 0 Å². The average Bonchev–Trinajstić information content (AvgIpc) is 2.55. The zero-order valence-corrected chi connectivity index (χ0v) is 13.2. The second-order valence-corrected chi connectivity index (χ2v) is 5.17. The van der Waals surface area contributed by atoms with Crippen LogP contribution < -0.4 is 10.6 Å². The maximum Gasteiger partial charge on any atom is 0.254 e. The quantitative estimate of drug-likeness (QED) is 0.891. The Morgan fingerprint density at radius 1 is 1.09 bits per heavy atom. The van der Waals surface area contributed by atoms with Gasteiger partial charge in [-0.25, -0.2) is 4.39 Å². The number of benzene rings is 2. The van der Waals surface area contributed by atoms with Gasteiger partial charge in [0.25, 0.3) is 5.91 Å². The van der Waals surface area contributed by atoms with Crippen molar-refractivity contribution in [1.82, 2.24) is 5.32 Å². The molecule has 0 unspecified atom stereocenters. The van der Waals surface area contributed by atoms with Crippen LogP contribution in [-0.2, 0) is 11.2 Å². The van der Waals surface area contributed by atoms with Crippen LogP contribution in [-0.4, -0.2) is 18.4 Å². The Labute approximate surface area is 134 Å². The van der Waals surface area contributed by atoms with Crippen molar-refractivity contribution in [2.45, 2.75) is 20.3 Å². The topological polar surface area (TPSA) is 58.2 Å². The van der Waals surface area contributed by atoms with Gasteiger partial charge in [0.05, 0.1) is 12.1 Å². The number of rotatable bonds is 5. The normalized spacial score (nSPS) is 10.2. The number of hydrogen-bond donors (Lipinski definition) is 2. The van der Waals surface area contributed by atoms with Gasteiger partial charge in [-0.05, 0) is 36.6 Å². The molecule has 2 N–H and O–H groups in total. The molecule has 0 saturated heterocycles. The minimum atomic E-state index is -0.613. The van der Waals surface area contributed by atoms with Gasteiger partial charge in [0.15, 0.2) is 0 Å². The molecule has 4 nitrogen and oxygen atoms in total. The molecule has 0 bridgehead atoms. The van der Waals surface area contributed by atoms with Gasteiger partial charge in [0.2, 0.25) is 5.91 Å². The van der Waals surface area contributed by atoms with Crippen LogP contribution in [0.25, 0.3) is 0 Å². The van der Waals surface area contributed by atoms with Crippen molar-refractivity contribution in [3.8, 4) is 0 Å². The van der Waals surface area contributed by atoms with Crippen molar-refractivity contribution in [2.75, 3.05) is 11.9 Å². The van der Waals surface area contributed by atoms with E-state index in [1.807, 2.05) is 32.0 Å². The van der Waals surface area contributed by atoms with Gasteiger partial charge in [0.1, 0.15) is 5.82 Å². The van der Waals surface area contributed by atoms with Crippen molar-refractivity contribution >= 4 is 17.5 Å². The lowest BCUT2D eigenvalue weighted by Crippen LogP contribution is -2.33. The lowest BCUT2D eigenvalue weighted by atomic mass is 10.1. The molecular weight excluding hydrogens is 295 g/mol. The highest BCUT2D eigenvalue weighted by Gasteiger charge is 2.13. The van der Waals surface area contributed by atoms with Crippen LogP contribution in [0.5, 0.6) is 0 Å². The summed E-state index contributed by atoms with van der Waals surface area (Å²) in [6.07, 6.45) is 0.791. The van der Waals surface area contributed by atoms with Crippen molar-refractivity contribution in [3.63, 3.8) is 0 Å². The van der Waals surface area contributed by atoms with Gasteiger partial charge in [-0.1, -0.05) is 37.3 Å². The fraction of sp³-hybridized carbons (Fsp3) is 0.222. The fourth-order valence-electron chi connectivity index (χ4n) is 2.29. The number of para-hydroxylation sites is 1. The minimum Gasteiger partial charge on any atom is -0.343 e. The summed E-state index contributed by atoms with van der Waals surface area (Å²) in [5.41, 5.74) is 2.67. The maximum absolute atomic E-state index is 13.5. The van der Waals surface area contributed by atoms with E-state index in [1.165, 1.54) is 18.2 Å². The molecule has 2 rings (SSSR count). The smallest absolute Gasteiger partial charge is 0.254 e. The van der Waals surface area contributed by atoms with E-state index in [-0.39, 0.29) is 18.0 Å². The highest BCUT2D eigenvalue weighted by Crippen LogP contribution is 2.20. The first-order chi connectivity index (χ1) is 11.0. The first kappa shape index (κ1) is 16.7. The summed E-state index contributed by atoms with van der Waals surface area (Å²) in [6.45, 7) is 3.70. The average molecular weight is 314 g/mol. The Bertz CT molecular complexity index is 729. The van der Waals surface area contributed by atoms with E-state index in [1.54, 1.807) is 6.07 Å². The van der Waals surface area contributed by atoms with Crippen molar-refractivity contribution < 1.29 is 14.0 Å². The van der Waals surface area contributed by atoms with Crippen LogP contribution >= 0.6 is 0 Å². The second kappa shape index (κ2) is 7.54. The Kier molecular flexibility index (Phi) is 5.46. The molecule has 0 aliphatic carbocycles. The first-order valence-corrected chi connectivity index (χ1v) is 7.44. The Balaban J connectivity index is 1.99. The van der Waals surface area contributed by atoms with Gasteiger partial charge in [0, 0.05) is 5.69 Å². The molecule has 0 aromatic heterocycles. The molecule has 120 valence electrons. The number of aryl methyl sites for hydroxylation is 2. The number of carbonyl (C=O) groups excluding carboxylic acids is 2. The van der Waals surface area contributed by atoms with Gasteiger partial charge >= 0.3 is 0 Å². The molecule has 0 atom stereocenters. The standard InChI is InChI=1S/C18H19FN2O2/c1-3-13-8-6-7-12(2)17(13)21-16(22)11-20-18(23)14-9-4-5-10-15(14)19/h4-10H,3,11H2,1-2H3,(H,20,23)(H,21,22). The van der Waals surface area contributed by atoms with Crippen molar-refractivity contribution in [2.24, 2.45) is 0 Å². The number of carbonyl (C=O) groups is 2. The minimum absolute atomic E-state index is 0.0783. The summed E-state index contributed by atoms with van der Waals surface area (Å²) in [7, 11) is 0. The number of halogens is 1. The zero-order valence-electron chi connectivity index (χ0n) is 13.2. The van der Waals surface area contributed by atoms with E-state index >= 15 is 0 Å². The molecule has 23 heavy (non-hydrogen) atoms. The third-order valence-corrected chi connectivity index (χ3v) is 3.53. The van der Waals surface area contributed by atoms with Crippen LogP contribution in [0, 0.1) is 12.7 Å². The zero-order chi connectivity index (χ0) is 16.8. The molecule has 5 heteroatoms. The van der Waals surface area contributed by atoms with Gasteiger partial charge in [-0.2, -0.15) is 0 Å². The summed E-state index contributed by atoms with van der Waals surface area (Å²) < 4.78 is 13.5. The van der Waals surface area contributed by atoms with E-state index in [0.29, 0.717) is 0 Å². The van der Waals surface area contributed by atoms with E-state index in [2.05, 4.69) is 10.6 Å². The van der Waals surface area contributed by atoms with Crippen molar-refractivity contribution in [3.05, 3.63) is 65.0 Å². The number of amides is 2. The van der Waals surface area contributed by atoms with Gasteiger partial charge < -0.3 is 10.6 Å². The molecule has 2 aromatic rings. The molecule has 0 aliphatic heterocycles. The molecule has 2 amide bonds. The number of anilines is 1. The highest BCUT2D eigenvalue weighted by molar-refractivity contribution is 6.00. The lowest BCUT2D eigenvalue weighted by Gasteiger charge is -2.13. The third kappa shape index (κ3) is 4.16. The Morgan fingerprint density at radius 3 is 2.52 bits per heavy atom. The van der Waals surface area contributed by atoms with Crippen LogP contribution in [0.4, 0.5) is 10.1 Å². The monoisotopic (exact) mass is 314 g/mol. The fourth-order valence-corrected chi connectivity index (χ4v) is 2.29. The first-order valence-electron chi connectivity index (χ1n) is 7.44. The summed E-state index contributed by atoms with van der Waals surface area (Å²) >= 11 is 0. The van der Waals surface area contributed by atoms with E-state index in [0.717, 1.165) is 23.2 Å². The summed E-state index contributed by atoms with van der Waals surface area (Å²) in [6, 6.07) is 11.4. The Hall–Kier alpha value is -2.69. The van der Waals surface area contributed by atoms with Crippen molar-refractivity contribution in [1.29, 1.82) is 0 Å². The molecule has 0 aliphatic rings. The van der Waals surface area contributed by atoms with Crippen LogP contribution in [0.15, 0.2) is 42.5 Å². The lowest BCUT2D eigenvalue weighted by molar-refractivity contribution is -0.115.